The van der Waals surface area contributed by atoms with Gasteiger partial charge in [-0.1, -0.05) is 17.7 Å². The first-order valence-electron chi connectivity index (χ1n) is 5.38. The van der Waals surface area contributed by atoms with E-state index in [0.29, 0.717) is 17.9 Å². The minimum atomic E-state index is -0.115. The summed E-state index contributed by atoms with van der Waals surface area (Å²) in [6, 6.07) is 7.45. The van der Waals surface area contributed by atoms with Crippen LogP contribution in [0.3, 0.4) is 0 Å². The third-order valence-corrected chi connectivity index (χ3v) is 2.33. The van der Waals surface area contributed by atoms with Crippen LogP contribution in [0.25, 0.3) is 0 Å². The van der Waals surface area contributed by atoms with E-state index in [1.165, 1.54) is 0 Å². The Hall–Kier alpha value is -2.17. The summed E-state index contributed by atoms with van der Waals surface area (Å²) >= 11 is 0. The Balaban J connectivity index is 1.98. The van der Waals surface area contributed by atoms with Crippen molar-refractivity contribution in [2.24, 2.45) is 0 Å². The fourth-order valence-corrected chi connectivity index (χ4v) is 1.52. The fraction of sp³-hybridized carbons (Fsp3) is 0.250. The van der Waals surface area contributed by atoms with Crippen LogP contribution in [0.15, 0.2) is 24.3 Å². The first-order chi connectivity index (χ1) is 8.15. The third-order valence-electron chi connectivity index (χ3n) is 2.33. The van der Waals surface area contributed by atoms with Crippen LogP contribution in [0.2, 0.25) is 0 Å². The van der Waals surface area contributed by atoms with Crippen LogP contribution in [-0.2, 0) is 6.54 Å². The smallest absolute Gasteiger partial charge is 0.251 e. The van der Waals surface area contributed by atoms with Crippen LogP contribution in [0.5, 0.6) is 0 Å². The third kappa shape index (κ3) is 2.90. The van der Waals surface area contributed by atoms with Crippen LogP contribution < -0.4 is 5.32 Å². The molecule has 0 fully saturated rings. The second-order valence-corrected chi connectivity index (χ2v) is 3.89. The molecule has 0 aliphatic rings. The number of nitrogens with zero attached hydrogens (tertiary/aromatic N) is 2. The van der Waals surface area contributed by atoms with Crippen molar-refractivity contribution >= 4 is 5.91 Å². The standard InChI is InChI=1S/C12H14N4O/c1-8-4-3-5-10(6-8)12(17)13-7-11-14-9(2)15-16-11/h3-6H,7H2,1-2H3,(H,13,17)(H,14,15,16). The molecule has 5 nitrogen and oxygen atoms in total. The molecule has 0 radical (unpaired) electrons. The first-order valence-corrected chi connectivity index (χ1v) is 5.38. The van der Waals surface area contributed by atoms with Gasteiger partial charge in [0.2, 0.25) is 0 Å². The zero-order chi connectivity index (χ0) is 12.3. The number of aromatic nitrogens is 3. The van der Waals surface area contributed by atoms with E-state index in [1.807, 2.05) is 32.0 Å². The number of aryl methyl sites for hydroxylation is 2. The average molecular weight is 230 g/mol. The van der Waals surface area contributed by atoms with E-state index in [0.717, 1.165) is 11.4 Å². The summed E-state index contributed by atoms with van der Waals surface area (Å²) in [5.41, 5.74) is 1.71. The Kier molecular flexibility index (Phi) is 3.18. The van der Waals surface area contributed by atoms with Crippen LogP contribution >= 0.6 is 0 Å². The predicted octanol–water partition coefficient (Wildman–Crippen LogP) is 1.35. The molecule has 2 aromatic rings. The van der Waals surface area contributed by atoms with E-state index < -0.39 is 0 Å². The zero-order valence-corrected chi connectivity index (χ0v) is 9.82. The van der Waals surface area contributed by atoms with Gasteiger partial charge in [0.05, 0.1) is 6.54 Å². The zero-order valence-electron chi connectivity index (χ0n) is 9.82. The largest absolute Gasteiger partial charge is 0.345 e. The lowest BCUT2D eigenvalue weighted by molar-refractivity contribution is 0.0950. The summed E-state index contributed by atoms with van der Waals surface area (Å²) in [7, 11) is 0. The number of benzene rings is 1. The van der Waals surface area contributed by atoms with E-state index in [-0.39, 0.29) is 5.91 Å². The fourth-order valence-electron chi connectivity index (χ4n) is 1.52. The maximum atomic E-state index is 11.8. The maximum Gasteiger partial charge on any atom is 0.251 e. The summed E-state index contributed by atoms with van der Waals surface area (Å²) in [6.45, 7) is 4.10. The van der Waals surface area contributed by atoms with E-state index in [2.05, 4.69) is 20.5 Å². The lowest BCUT2D eigenvalue weighted by Crippen LogP contribution is -2.23. The normalized spacial score (nSPS) is 10.2. The van der Waals surface area contributed by atoms with Gasteiger partial charge < -0.3 is 5.32 Å². The molecule has 1 aromatic heterocycles. The molecule has 0 atom stereocenters. The molecule has 0 saturated carbocycles. The topological polar surface area (TPSA) is 70.7 Å². The molecule has 5 heteroatoms. The summed E-state index contributed by atoms with van der Waals surface area (Å²) < 4.78 is 0. The minimum Gasteiger partial charge on any atom is -0.345 e. The molecule has 1 heterocycles. The van der Waals surface area contributed by atoms with E-state index in [1.54, 1.807) is 6.07 Å². The summed E-state index contributed by atoms with van der Waals surface area (Å²) in [6.07, 6.45) is 0. The molecule has 2 N–H and O–H groups in total. The molecule has 88 valence electrons. The monoisotopic (exact) mass is 230 g/mol. The van der Waals surface area contributed by atoms with Gasteiger partial charge in [-0.05, 0) is 26.0 Å². The Bertz CT molecular complexity index is 533. The molecule has 0 unspecified atom stereocenters. The van der Waals surface area contributed by atoms with Crippen molar-refractivity contribution < 1.29 is 4.79 Å². The van der Waals surface area contributed by atoms with Crippen LogP contribution in [0.1, 0.15) is 27.6 Å². The second-order valence-electron chi connectivity index (χ2n) is 3.89. The Morgan fingerprint density at radius 2 is 2.24 bits per heavy atom. The Labute approximate surface area is 99.3 Å². The number of aromatic amines is 1. The van der Waals surface area contributed by atoms with Gasteiger partial charge in [0.15, 0.2) is 5.82 Å². The lowest BCUT2D eigenvalue weighted by Gasteiger charge is -2.03. The number of hydrogen-bond acceptors (Lipinski definition) is 3. The highest BCUT2D eigenvalue weighted by molar-refractivity contribution is 5.94. The van der Waals surface area contributed by atoms with Crippen molar-refractivity contribution in [3.05, 3.63) is 47.0 Å². The number of carbonyl (C=O) groups excluding carboxylic acids is 1. The lowest BCUT2D eigenvalue weighted by atomic mass is 10.1. The van der Waals surface area contributed by atoms with E-state index in [9.17, 15) is 4.79 Å². The number of rotatable bonds is 3. The van der Waals surface area contributed by atoms with Gasteiger partial charge in [-0.15, -0.1) is 0 Å². The molecule has 0 saturated heterocycles. The van der Waals surface area contributed by atoms with Crippen molar-refractivity contribution in [3.63, 3.8) is 0 Å². The molecular weight excluding hydrogens is 216 g/mol. The van der Waals surface area contributed by atoms with Gasteiger partial charge >= 0.3 is 0 Å². The highest BCUT2D eigenvalue weighted by Gasteiger charge is 2.06. The van der Waals surface area contributed by atoms with Crippen LogP contribution in [-0.4, -0.2) is 21.1 Å². The van der Waals surface area contributed by atoms with Gasteiger partial charge in [-0.25, -0.2) is 4.98 Å². The SMILES string of the molecule is Cc1cccc(C(=O)NCc2n[nH]c(C)n2)c1. The van der Waals surface area contributed by atoms with Crippen LogP contribution in [0.4, 0.5) is 0 Å². The minimum absolute atomic E-state index is 0.115. The molecule has 2 rings (SSSR count). The molecule has 17 heavy (non-hydrogen) atoms. The van der Waals surface area contributed by atoms with Crippen molar-refractivity contribution in [1.82, 2.24) is 20.5 Å². The van der Waals surface area contributed by atoms with E-state index in [4.69, 9.17) is 0 Å². The summed E-state index contributed by atoms with van der Waals surface area (Å²) in [5, 5.41) is 9.45. The Morgan fingerprint density at radius 3 is 2.88 bits per heavy atom. The van der Waals surface area contributed by atoms with Gasteiger partial charge in [0.1, 0.15) is 5.82 Å². The van der Waals surface area contributed by atoms with Crippen molar-refractivity contribution in [2.75, 3.05) is 0 Å². The molecular formula is C12H14N4O. The van der Waals surface area contributed by atoms with Crippen molar-refractivity contribution in [2.45, 2.75) is 20.4 Å². The number of amides is 1. The number of hydrogen-bond donors (Lipinski definition) is 2. The molecule has 0 aliphatic heterocycles. The maximum absolute atomic E-state index is 11.8. The molecule has 0 spiro atoms. The quantitative estimate of drug-likeness (QED) is 0.836. The van der Waals surface area contributed by atoms with Gasteiger partial charge in [0, 0.05) is 5.56 Å². The first kappa shape index (κ1) is 11.3. The molecule has 1 aromatic carbocycles. The summed E-state index contributed by atoms with van der Waals surface area (Å²) in [4.78, 5) is 15.9. The highest BCUT2D eigenvalue weighted by atomic mass is 16.1. The highest BCUT2D eigenvalue weighted by Crippen LogP contribution is 2.03. The Morgan fingerprint density at radius 1 is 1.41 bits per heavy atom. The molecule has 0 bridgehead atoms. The predicted molar refractivity (Wildman–Crippen MR) is 63.5 cm³/mol. The van der Waals surface area contributed by atoms with Crippen LogP contribution in [0, 0.1) is 13.8 Å². The average Bonchev–Trinajstić information content (AvgIpc) is 2.72. The second kappa shape index (κ2) is 4.78. The van der Waals surface area contributed by atoms with Gasteiger partial charge in [-0.2, -0.15) is 5.10 Å². The van der Waals surface area contributed by atoms with Crippen molar-refractivity contribution in [1.29, 1.82) is 0 Å². The summed E-state index contributed by atoms with van der Waals surface area (Å²) in [5.74, 6) is 1.21. The molecule has 1 amide bonds. The van der Waals surface area contributed by atoms with Crippen molar-refractivity contribution in [3.8, 4) is 0 Å². The number of H-pyrrole nitrogens is 1. The molecule has 0 aliphatic carbocycles. The van der Waals surface area contributed by atoms with Gasteiger partial charge in [-0.3, -0.25) is 9.89 Å². The van der Waals surface area contributed by atoms with Gasteiger partial charge in [0.25, 0.3) is 5.91 Å². The number of nitrogens with one attached hydrogen (secondary N) is 2. The van der Waals surface area contributed by atoms with E-state index >= 15 is 0 Å². The number of carbonyl (C=O) groups is 1.